The Bertz CT molecular complexity index is 1770. The SMILES string of the molecule is COC1OC(CO)C(OCc2ccccc2)C(OCc2ccccc2)C1OCCC=C1C=CC(=O)C(C(OC)C(=O)N2C(=O)OC(c3ccccc3)C2C)O1. The molecular formula is C42H47NO12. The molecule has 0 aromatic heterocycles. The van der Waals surface area contributed by atoms with Gasteiger partial charge < -0.3 is 43.0 Å². The molecule has 2 amide bonds. The average Bonchev–Trinajstić information content (AvgIpc) is 3.52. The molecule has 6 rings (SSSR count). The van der Waals surface area contributed by atoms with Gasteiger partial charge in [-0.1, -0.05) is 91.0 Å². The van der Waals surface area contributed by atoms with Gasteiger partial charge in [-0.25, -0.2) is 9.69 Å². The first-order valence-corrected chi connectivity index (χ1v) is 18.2. The molecule has 3 aromatic carbocycles. The van der Waals surface area contributed by atoms with Crippen molar-refractivity contribution in [2.24, 2.45) is 0 Å². The van der Waals surface area contributed by atoms with Crippen LogP contribution < -0.4 is 0 Å². The lowest BCUT2D eigenvalue weighted by Crippen LogP contribution is -2.61. The molecule has 1 N–H and O–H groups in total. The maximum Gasteiger partial charge on any atom is 0.417 e. The quantitative estimate of drug-likeness (QED) is 0.200. The number of hydrogen-bond donors (Lipinski definition) is 1. The molecule has 3 aliphatic heterocycles. The standard InChI is InChI=1S/C42H47NO12/c1-27-34(30-18-11-6-12-19-30)55-42(47)43(27)40(46)38(48-2)35-32(45)22-21-31(53-35)20-13-23-50-39-37(52-26-29-16-9-5-10-17-29)36(33(24-44)54-41(39)49-3)51-25-28-14-7-4-8-15-28/h4-12,14-22,27,33-39,41,44H,13,23-26H2,1-3H3. The van der Waals surface area contributed by atoms with Gasteiger partial charge in [0.1, 0.15) is 36.3 Å². The number of imide groups is 1. The van der Waals surface area contributed by atoms with Crippen molar-refractivity contribution in [2.75, 3.05) is 27.4 Å². The van der Waals surface area contributed by atoms with Gasteiger partial charge in [0.2, 0.25) is 0 Å². The summed E-state index contributed by atoms with van der Waals surface area (Å²) in [5, 5.41) is 10.3. The van der Waals surface area contributed by atoms with Gasteiger partial charge in [-0.3, -0.25) is 9.59 Å². The molecule has 0 saturated carbocycles. The lowest BCUT2D eigenvalue weighted by Gasteiger charge is -2.45. The topological polar surface area (TPSA) is 149 Å². The molecule has 0 aliphatic carbocycles. The second kappa shape index (κ2) is 19.2. The fraction of sp³-hybridized carbons (Fsp3) is 0.405. The van der Waals surface area contributed by atoms with Crippen molar-refractivity contribution in [3.8, 4) is 0 Å². The molecule has 3 aromatic rings. The number of nitrogens with zero attached hydrogens (tertiary/aromatic N) is 1. The second-order valence-electron chi connectivity index (χ2n) is 13.3. The molecule has 9 atom stereocenters. The van der Waals surface area contributed by atoms with Crippen molar-refractivity contribution in [1.82, 2.24) is 4.90 Å². The summed E-state index contributed by atoms with van der Waals surface area (Å²) >= 11 is 0. The molecule has 9 unspecified atom stereocenters. The van der Waals surface area contributed by atoms with E-state index < -0.39 is 72.8 Å². The van der Waals surface area contributed by atoms with E-state index in [1.54, 1.807) is 13.0 Å². The Morgan fingerprint density at radius 2 is 1.44 bits per heavy atom. The maximum atomic E-state index is 13.7. The molecule has 3 aliphatic rings. The number of ether oxygens (including phenoxy) is 8. The number of benzene rings is 3. The third-order valence-electron chi connectivity index (χ3n) is 9.71. The van der Waals surface area contributed by atoms with Crippen molar-refractivity contribution in [2.45, 2.75) is 81.6 Å². The van der Waals surface area contributed by atoms with Gasteiger partial charge >= 0.3 is 6.09 Å². The van der Waals surface area contributed by atoms with E-state index >= 15 is 0 Å². The number of rotatable bonds is 16. The highest BCUT2D eigenvalue weighted by molar-refractivity contribution is 6.03. The van der Waals surface area contributed by atoms with Crippen molar-refractivity contribution in [3.63, 3.8) is 0 Å². The number of hydrogen-bond acceptors (Lipinski definition) is 12. The predicted molar refractivity (Wildman–Crippen MR) is 197 cm³/mol. The number of amides is 2. The smallest absolute Gasteiger partial charge is 0.417 e. The Morgan fingerprint density at radius 3 is 2.04 bits per heavy atom. The number of carbonyl (C=O) groups is 3. The Labute approximate surface area is 320 Å². The summed E-state index contributed by atoms with van der Waals surface area (Å²) in [5.74, 6) is -0.926. The zero-order chi connectivity index (χ0) is 38.7. The number of carbonyl (C=O) groups excluding carboxylic acids is 3. The van der Waals surface area contributed by atoms with E-state index in [0.717, 1.165) is 21.6 Å². The summed E-state index contributed by atoms with van der Waals surface area (Å²) in [4.78, 5) is 40.7. The summed E-state index contributed by atoms with van der Waals surface area (Å²) < 4.78 is 48.1. The van der Waals surface area contributed by atoms with E-state index in [1.807, 2.05) is 91.0 Å². The monoisotopic (exact) mass is 757 g/mol. The number of cyclic esters (lactones) is 1. The Kier molecular flexibility index (Phi) is 14.0. The van der Waals surface area contributed by atoms with Gasteiger partial charge in [-0.2, -0.15) is 0 Å². The number of aliphatic hydroxyl groups is 1. The molecule has 0 bridgehead atoms. The minimum Gasteiger partial charge on any atom is -0.479 e. The lowest BCUT2D eigenvalue weighted by molar-refractivity contribution is -0.319. The maximum absolute atomic E-state index is 13.7. The molecule has 13 heteroatoms. The van der Waals surface area contributed by atoms with Gasteiger partial charge in [0.05, 0.1) is 32.5 Å². The van der Waals surface area contributed by atoms with Gasteiger partial charge in [0, 0.05) is 14.2 Å². The molecule has 0 radical (unpaired) electrons. The highest BCUT2D eigenvalue weighted by Crippen LogP contribution is 2.34. The predicted octanol–water partition coefficient (Wildman–Crippen LogP) is 4.83. The van der Waals surface area contributed by atoms with Crippen molar-refractivity contribution >= 4 is 17.8 Å². The lowest BCUT2D eigenvalue weighted by atomic mass is 9.98. The van der Waals surface area contributed by atoms with Crippen LogP contribution in [0, 0.1) is 0 Å². The van der Waals surface area contributed by atoms with Crippen LogP contribution in [0.25, 0.3) is 0 Å². The van der Waals surface area contributed by atoms with Crippen LogP contribution in [0.2, 0.25) is 0 Å². The van der Waals surface area contributed by atoms with E-state index in [0.29, 0.717) is 12.2 Å². The van der Waals surface area contributed by atoms with E-state index in [-0.39, 0.29) is 26.4 Å². The third-order valence-corrected chi connectivity index (χ3v) is 9.71. The molecule has 13 nitrogen and oxygen atoms in total. The van der Waals surface area contributed by atoms with Gasteiger partial charge in [-0.15, -0.1) is 0 Å². The van der Waals surface area contributed by atoms with E-state index in [9.17, 15) is 19.5 Å². The van der Waals surface area contributed by atoms with Crippen molar-refractivity contribution in [1.29, 1.82) is 0 Å². The Hall–Kier alpha value is -4.73. The molecule has 2 saturated heterocycles. The highest BCUT2D eigenvalue weighted by Gasteiger charge is 2.50. The Morgan fingerprint density at radius 1 is 0.818 bits per heavy atom. The van der Waals surface area contributed by atoms with Crippen molar-refractivity contribution in [3.05, 3.63) is 132 Å². The van der Waals surface area contributed by atoms with E-state index in [2.05, 4.69) is 0 Å². The number of ketones is 1. The van der Waals surface area contributed by atoms with Gasteiger partial charge in [-0.05, 0) is 48.3 Å². The van der Waals surface area contributed by atoms with Crippen LogP contribution >= 0.6 is 0 Å². The molecule has 0 spiro atoms. The van der Waals surface area contributed by atoms with E-state index in [1.165, 1.54) is 26.4 Å². The van der Waals surface area contributed by atoms with Crippen LogP contribution in [0.15, 0.2) is 115 Å². The minimum atomic E-state index is -1.42. The zero-order valence-corrected chi connectivity index (χ0v) is 31.0. The molecular weight excluding hydrogens is 710 g/mol. The van der Waals surface area contributed by atoms with Gasteiger partial charge in [0.25, 0.3) is 5.91 Å². The first-order valence-electron chi connectivity index (χ1n) is 18.2. The summed E-state index contributed by atoms with van der Waals surface area (Å²) in [6.07, 6.45) is -3.22. The summed E-state index contributed by atoms with van der Waals surface area (Å²) in [7, 11) is 2.77. The third kappa shape index (κ3) is 9.57. The fourth-order valence-corrected chi connectivity index (χ4v) is 6.89. The zero-order valence-electron chi connectivity index (χ0n) is 31.0. The fourth-order valence-electron chi connectivity index (χ4n) is 6.89. The summed E-state index contributed by atoms with van der Waals surface area (Å²) in [6, 6.07) is 27.8. The van der Waals surface area contributed by atoms with Gasteiger partial charge in [0.15, 0.2) is 24.3 Å². The molecule has 2 fully saturated rings. The molecule has 292 valence electrons. The number of aliphatic hydroxyl groups excluding tert-OH is 1. The van der Waals surface area contributed by atoms with Crippen LogP contribution in [0.3, 0.4) is 0 Å². The van der Waals surface area contributed by atoms with Crippen LogP contribution in [-0.4, -0.2) is 104 Å². The van der Waals surface area contributed by atoms with Crippen LogP contribution in [0.1, 0.15) is 36.1 Å². The van der Waals surface area contributed by atoms with Crippen LogP contribution in [0.5, 0.6) is 0 Å². The normalized spacial score (nSPS) is 27.9. The minimum absolute atomic E-state index is 0.151. The van der Waals surface area contributed by atoms with Crippen LogP contribution in [0.4, 0.5) is 4.79 Å². The largest absolute Gasteiger partial charge is 0.479 e. The average molecular weight is 758 g/mol. The number of methoxy groups -OCH3 is 2. The van der Waals surface area contributed by atoms with Crippen LogP contribution in [-0.2, 0) is 60.7 Å². The molecule has 55 heavy (non-hydrogen) atoms. The highest BCUT2D eigenvalue weighted by atomic mass is 16.7. The summed E-state index contributed by atoms with van der Waals surface area (Å²) in [5.41, 5.74) is 2.63. The first kappa shape index (κ1) is 39.9. The van der Waals surface area contributed by atoms with E-state index in [4.69, 9.17) is 37.9 Å². The second-order valence-corrected chi connectivity index (χ2v) is 13.3. The Balaban J connectivity index is 1.12. The van der Waals surface area contributed by atoms with Crippen molar-refractivity contribution < 1.29 is 57.4 Å². The summed E-state index contributed by atoms with van der Waals surface area (Å²) in [6.45, 7) is 2.03. The molecule has 3 heterocycles. The first-order chi connectivity index (χ1) is 26.8. The number of allylic oxidation sites excluding steroid dienone is 1.